The number of amides is 1. The molecule has 0 bridgehead atoms. The first-order valence-corrected chi connectivity index (χ1v) is 6.26. The summed E-state index contributed by atoms with van der Waals surface area (Å²) in [5, 5.41) is 12.1. The number of carbonyl (C=O) groups excluding carboxylic acids is 1. The molecule has 0 fully saturated rings. The molecule has 0 spiro atoms. The molecule has 20 heavy (non-hydrogen) atoms. The van der Waals surface area contributed by atoms with Gasteiger partial charge in [-0.3, -0.25) is 4.79 Å². The van der Waals surface area contributed by atoms with Gasteiger partial charge in [0, 0.05) is 16.3 Å². The number of benzene rings is 1. The molecule has 0 unspecified atom stereocenters. The summed E-state index contributed by atoms with van der Waals surface area (Å²) in [6, 6.07) is 6.52. The number of carboxylic acids is 1. The summed E-state index contributed by atoms with van der Waals surface area (Å²) in [5.41, 5.74) is 2.07. The zero-order chi connectivity index (χ0) is 14.9. The zero-order valence-corrected chi connectivity index (χ0v) is 11.7. The molecular weight excluding hydrogens is 280 g/mol. The van der Waals surface area contributed by atoms with Gasteiger partial charge in [-0.15, -0.1) is 0 Å². The predicted molar refractivity (Wildman–Crippen MR) is 76.6 cm³/mol. The van der Waals surface area contributed by atoms with Crippen molar-refractivity contribution in [2.45, 2.75) is 13.8 Å². The van der Waals surface area contributed by atoms with E-state index in [0.717, 1.165) is 5.56 Å². The van der Waals surface area contributed by atoms with Crippen molar-refractivity contribution in [2.24, 2.45) is 0 Å². The third kappa shape index (κ3) is 3.00. The van der Waals surface area contributed by atoms with Crippen LogP contribution in [0.3, 0.4) is 0 Å². The van der Waals surface area contributed by atoms with E-state index in [1.807, 2.05) is 6.92 Å². The van der Waals surface area contributed by atoms with E-state index in [9.17, 15) is 9.59 Å². The Morgan fingerprint density at radius 3 is 2.50 bits per heavy atom. The molecule has 2 aromatic rings. The molecule has 1 amide bonds. The van der Waals surface area contributed by atoms with Gasteiger partial charge >= 0.3 is 5.97 Å². The lowest BCUT2D eigenvalue weighted by molar-refractivity contribution is 0.0692. The number of aromatic carboxylic acids is 1. The van der Waals surface area contributed by atoms with E-state index in [1.54, 1.807) is 25.1 Å². The number of rotatable bonds is 3. The molecule has 0 aliphatic heterocycles. The van der Waals surface area contributed by atoms with Crippen molar-refractivity contribution >= 4 is 29.2 Å². The van der Waals surface area contributed by atoms with Gasteiger partial charge in [0.2, 0.25) is 0 Å². The highest BCUT2D eigenvalue weighted by atomic mass is 35.5. The number of carboxylic acid groups (broad SMARTS) is 1. The normalized spacial score (nSPS) is 10.3. The van der Waals surface area contributed by atoms with Crippen LogP contribution in [0.15, 0.2) is 24.3 Å². The Hall–Kier alpha value is -2.27. The summed E-state index contributed by atoms with van der Waals surface area (Å²) in [6.07, 6.45) is 0. The molecule has 0 radical (unpaired) electrons. The number of hydrogen-bond acceptors (Lipinski definition) is 2. The molecule has 0 aliphatic carbocycles. The lowest BCUT2D eigenvalue weighted by Crippen LogP contribution is -2.14. The number of hydrogen-bond donors (Lipinski definition) is 3. The maximum absolute atomic E-state index is 12.1. The second kappa shape index (κ2) is 5.38. The lowest BCUT2D eigenvalue weighted by Gasteiger charge is -2.06. The first kappa shape index (κ1) is 14.1. The van der Waals surface area contributed by atoms with Crippen molar-refractivity contribution in [3.8, 4) is 0 Å². The van der Waals surface area contributed by atoms with Crippen LogP contribution in [0, 0.1) is 13.8 Å². The van der Waals surface area contributed by atoms with Gasteiger partial charge in [0.1, 0.15) is 5.69 Å². The van der Waals surface area contributed by atoms with Gasteiger partial charge in [-0.05, 0) is 43.7 Å². The van der Waals surface area contributed by atoms with Crippen molar-refractivity contribution in [3.05, 3.63) is 51.8 Å². The quantitative estimate of drug-likeness (QED) is 0.812. The predicted octanol–water partition coefficient (Wildman–Crippen LogP) is 3.24. The van der Waals surface area contributed by atoms with Crippen molar-refractivity contribution in [1.29, 1.82) is 0 Å². The minimum Gasteiger partial charge on any atom is -0.477 e. The Morgan fingerprint density at radius 2 is 1.90 bits per heavy atom. The van der Waals surface area contributed by atoms with Crippen LogP contribution in [-0.4, -0.2) is 22.0 Å². The van der Waals surface area contributed by atoms with E-state index < -0.39 is 11.9 Å². The molecule has 104 valence electrons. The fourth-order valence-electron chi connectivity index (χ4n) is 1.92. The van der Waals surface area contributed by atoms with Crippen molar-refractivity contribution in [2.75, 3.05) is 5.32 Å². The fraction of sp³-hybridized carbons (Fsp3) is 0.143. The molecule has 0 saturated heterocycles. The Morgan fingerprint density at radius 1 is 1.20 bits per heavy atom. The van der Waals surface area contributed by atoms with Crippen LogP contribution < -0.4 is 5.32 Å². The maximum atomic E-state index is 12.1. The van der Waals surface area contributed by atoms with Gasteiger partial charge in [0.25, 0.3) is 5.91 Å². The molecule has 6 heteroatoms. The smallest absolute Gasteiger partial charge is 0.354 e. The molecular formula is C14H13ClN2O3. The van der Waals surface area contributed by atoms with E-state index in [-0.39, 0.29) is 11.4 Å². The minimum atomic E-state index is -1.13. The Balaban J connectivity index is 2.30. The third-order valence-electron chi connectivity index (χ3n) is 2.72. The van der Waals surface area contributed by atoms with Gasteiger partial charge in [-0.2, -0.15) is 0 Å². The van der Waals surface area contributed by atoms with Gasteiger partial charge in [0.15, 0.2) is 0 Å². The van der Waals surface area contributed by atoms with Crippen LogP contribution in [0.4, 0.5) is 5.69 Å². The SMILES string of the molecule is Cc1cc(Cl)cc(C(=O)Nc2cc(C)[nH]c2C(=O)O)c1. The van der Waals surface area contributed by atoms with Crippen LogP contribution in [0.1, 0.15) is 32.1 Å². The van der Waals surface area contributed by atoms with Gasteiger partial charge < -0.3 is 15.4 Å². The number of aromatic amines is 1. The minimum absolute atomic E-state index is 0.0467. The summed E-state index contributed by atoms with van der Waals surface area (Å²) < 4.78 is 0. The maximum Gasteiger partial charge on any atom is 0.354 e. The molecule has 3 N–H and O–H groups in total. The third-order valence-corrected chi connectivity index (χ3v) is 2.94. The summed E-state index contributed by atoms with van der Waals surface area (Å²) in [5.74, 6) is -1.53. The molecule has 1 aromatic heterocycles. The molecule has 0 aliphatic rings. The van der Waals surface area contributed by atoms with Crippen LogP contribution in [0.5, 0.6) is 0 Å². The van der Waals surface area contributed by atoms with E-state index in [0.29, 0.717) is 16.3 Å². The standard InChI is InChI=1S/C14H13ClN2O3/c1-7-3-9(6-10(15)4-7)13(18)17-11-5-8(2)16-12(11)14(19)20/h3-6,16H,1-2H3,(H,17,18)(H,19,20). The Labute approximate surface area is 120 Å². The van der Waals surface area contributed by atoms with Crippen molar-refractivity contribution < 1.29 is 14.7 Å². The highest BCUT2D eigenvalue weighted by Crippen LogP contribution is 2.20. The van der Waals surface area contributed by atoms with E-state index in [1.165, 1.54) is 6.07 Å². The number of anilines is 1. The largest absolute Gasteiger partial charge is 0.477 e. The molecule has 0 saturated carbocycles. The van der Waals surface area contributed by atoms with Crippen LogP contribution in [0.2, 0.25) is 5.02 Å². The van der Waals surface area contributed by atoms with Gasteiger partial charge in [-0.25, -0.2) is 4.79 Å². The first-order valence-electron chi connectivity index (χ1n) is 5.88. The topological polar surface area (TPSA) is 82.2 Å². The number of nitrogens with one attached hydrogen (secondary N) is 2. The molecule has 0 atom stereocenters. The number of carbonyl (C=O) groups is 2. The van der Waals surface area contributed by atoms with Crippen LogP contribution in [-0.2, 0) is 0 Å². The number of aryl methyl sites for hydroxylation is 2. The van der Waals surface area contributed by atoms with Gasteiger partial charge in [0.05, 0.1) is 5.69 Å². The first-order chi connectivity index (χ1) is 9.36. The summed E-state index contributed by atoms with van der Waals surface area (Å²) >= 11 is 5.90. The van der Waals surface area contributed by atoms with E-state index in [2.05, 4.69) is 10.3 Å². The van der Waals surface area contributed by atoms with Gasteiger partial charge in [-0.1, -0.05) is 11.6 Å². The van der Waals surface area contributed by atoms with Crippen molar-refractivity contribution in [3.63, 3.8) is 0 Å². The molecule has 1 heterocycles. The summed E-state index contributed by atoms with van der Waals surface area (Å²) in [6.45, 7) is 3.54. The molecule has 5 nitrogen and oxygen atoms in total. The zero-order valence-electron chi connectivity index (χ0n) is 11.0. The van der Waals surface area contributed by atoms with E-state index >= 15 is 0 Å². The Kier molecular flexibility index (Phi) is 3.81. The van der Waals surface area contributed by atoms with E-state index in [4.69, 9.17) is 16.7 Å². The number of aromatic nitrogens is 1. The van der Waals surface area contributed by atoms with Crippen LogP contribution in [0.25, 0.3) is 0 Å². The molecule has 2 rings (SSSR count). The number of H-pyrrole nitrogens is 1. The monoisotopic (exact) mass is 292 g/mol. The van der Waals surface area contributed by atoms with Crippen molar-refractivity contribution in [1.82, 2.24) is 4.98 Å². The van der Waals surface area contributed by atoms with Crippen LogP contribution >= 0.6 is 11.6 Å². The average Bonchev–Trinajstić information content (AvgIpc) is 2.69. The highest BCUT2D eigenvalue weighted by molar-refractivity contribution is 6.31. The Bertz CT molecular complexity index is 671. The second-order valence-corrected chi connectivity index (χ2v) is 4.95. The fourth-order valence-corrected chi connectivity index (χ4v) is 2.21. The second-order valence-electron chi connectivity index (χ2n) is 4.52. The summed E-state index contributed by atoms with van der Waals surface area (Å²) in [7, 11) is 0. The average molecular weight is 293 g/mol. The molecule has 1 aromatic carbocycles. The number of halogens is 1. The lowest BCUT2D eigenvalue weighted by atomic mass is 10.1. The summed E-state index contributed by atoms with van der Waals surface area (Å²) in [4.78, 5) is 25.9. The highest BCUT2D eigenvalue weighted by Gasteiger charge is 2.16.